The molecule has 0 aromatic heterocycles. The van der Waals surface area contributed by atoms with E-state index in [1.54, 1.807) is 0 Å². The Morgan fingerprint density at radius 1 is 1.44 bits per heavy atom. The third-order valence-corrected chi connectivity index (χ3v) is 3.43. The van der Waals surface area contributed by atoms with Gasteiger partial charge in [-0.2, -0.15) is 11.8 Å². The minimum absolute atomic E-state index is 0.512. The second kappa shape index (κ2) is 7.20. The number of aryl methyl sites for hydroxylation is 1. The summed E-state index contributed by atoms with van der Waals surface area (Å²) in [5, 5.41) is 0. The Hall–Kier alpha value is -0.190. The summed E-state index contributed by atoms with van der Waals surface area (Å²) in [5.41, 5.74) is 7.92. The molecule has 0 radical (unpaired) electrons. The number of halogens is 1. The van der Waals surface area contributed by atoms with E-state index in [1.807, 2.05) is 24.8 Å². The van der Waals surface area contributed by atoms with Crippen LogP contribution in [0.4, 0.5) is 0 Å². The molecule has 2 N–H and O–H groups in total. The summed E-state index contributed by atoms with van der Waals surface area (Å²) in [4.78, 5) is 0. The minimum Gasteiger partial charge on any atom is -0.493 e. The number of hydrogen-bond donors (Lipinski definition) is 1. The fraction of sp³-hybridized carbons (Fsp3) is 0.500. The molecule has 0 fully saturated rings. The maximum atomic E-state index is 5.80. The second-order valence-electron chi connectivity index (χ2n) is 3.61. The van der Waals surface area contributed by atoms with Crippen molar-refractivity contribution in [3.63, 3.8) is 0 Å². The summed E-state index contributed by atoms with van der Waals surface area (Å²) < 4.78 is 6.86. The summed E-state index contributed by atoms with van der Waals surface area (Å²) >= 11 is 5.31. The first-order valence-electron chi connectivity index (χ1n) is 5.30. The lowest BCUT2D eigenvalue weighted by Gasteiger charge is -2.13. The van der Waals surface area contributed by atoms with E-state index in [9.17, 15) is 0 Å². The predicted octanol–water partition coefficient (Wildman–Crippen LogP) is 3.35. The van der Waals surface area contributed by atoms with Crippen molar-refractivity contribution in [1.82, 2.24) is 0 Å². The van der Waals surface area contributed by atoms with Crippen molar-refractivity contribution in [2.75, 3.05) is 18.6 Å². The van der Waals surface area contributed by atoms with E-state index >= 15 is 0 Å². The Kier molecular flexibility index (Phi) is 6.24. The van der Waals surface area contributed by atoms with Crippen LogP contribution in [0.3, 0.4) is 0 Å². The van der Waals surface area contributed by atoms with Crippen LogP contribution >= 0.6 is 27.7 Å². The van der Waals surface area contributed by atoms with E-state index in [4.69, 9.17) is 10.5 Å². The number of ether oxygens (including phenoxy) is 1. The van der Waals surface area contributed by atoms with E-state index < -0.39 is 0 Å². The van der Waals surface area contributed by atoms with E-state index in [0.717, 1.165) is 40.1 Å². The van der Waals surface area contributed by atoms with Gasteiger partial charge in [0.15, 0.2) is 0 Å². The lowest BCUT2D eigenvalue weighted by molar-refractivity contribution is 0.313. The molecule has 1 aromatic carbocycles. The maximum Gasteiger partial charge on any atom is 0.126 e. The van der Waals surface area contributed by atoms with Crippen LogP contribution in [-0.2, 0) is 6.54 Å². The maximum absolute atomic E-state index is 5.80. The minimum atomic E-state index is 0.512. The summed E-state index contributed by atoms with van der Waals surface area (Å²) in [6.45, 7) is 3.32. The van der Waals surface area contributed by atoms with Crippen LogP contribution in [0.2, 0.25) is 0 Å². The first kappa shape index (κ1) is 13.9. The van der Waals surface area contributed by atoms with Gasteiger partial charge in [-0.05, 0) is 43.0 Å². The Labute approximate surface area is 110 Å². The third kappa shape index (κ3) is 4.00. The van der Waals surface area contributed by atoms with Gasteiger partial charge in [0, 0.05) is 16.6 Å². The highest BCUT2D eigenvalue weighted by molar-refractivity contribution is 9.10. The van der Waals surface area contributed by atoms with E-state index in [0.29, 0.717) is 6.54 Å². The molecule has 0 aliphatic carbocycles. The predicted molar refractivity (Wildman–Crippen MR) is 75.3 cm³/mol. The highest BCUT2D eigenvalue weighted by Crippen LogP contribution is 2.27. The number of nitrogens with two attached hydrogens (primary N) is 1. The molecule has 16 heavy (non-hydrogen) atoms. The number of hydrogen-bond acceptors (Lipinski definition) is 3. The van der Waals surface area contributed by atoms with Crippen molar-refractivity contribution in [1.29, 1.82) is 0 Å². The zero-order valence-electron chi connectivity index (χ0n) is 9.75. The van der Waals surface area contributed by atoms with Crippen molar-refractivity contribution >= 4 is 27.7 Å². The van der Waals surface area contributed by atoms with Gasteiger partial charge in [-0.25, -0.2) is 0 Å². The summed E-state index contributed by atoms with van der Waals surface area (Å²) in [5.74, 6) is 2.08. The Balaban J connectivity index is 2.70. The summed E-state index contributed by atoms with van der Waals surface area (Å²) in [6.07, 6.45) is 3.18. The van der Waals surface area contributed by atoms with E-state index in [2.05, 4.69) is 28.3 Å². The van der Waals surface area contributed by atoms with Gasteiger partial charge < -0.3 is 10.5 Å². The van der Waals surface area contributed by atoms with Crippen LogP contribution in [0.5, 0.6) is 5.75 Å². The highest BCUT2D eigenvalue weighted by Gasteiger charge is 2.07. The van der Waals surface area contributed by atoms with Gasteiger partial charge in [-0.1, -0.05) is 15.9 Å². The van der Waals surface area contributed by atoms with Gasteiger partial charge in [-0.15, -0.1) is 0 Å². The van der Waals surface area contributed by atoms with E-state index in [-0.39, 0.29) is 0 Å². The molecule has 0 saturated heterocycles. The fourth-order valence-corrected chi connectivity index (χ4v) is 2.56. The van der Waals surface area contributed by atoms with Gasteiger partial charge in [0.05, 0.1) is 6.61 Å². The largest absolute Gasteiger partial charge is 0.493 e. The standard InChI is InChI=1S/C12H18BrNOS/c1-9-6-11(13)7-10(8-14)12(9)15-4-3-5-16-2/h6-7H,3-5,8,14H2,1-2H3. The lowest BCUT2D eigenvalue weighted by Crippen LogP contribution is -2.06. The molecule has 0 spiro atoms. The van der Waals surface area contributed by atoms with Gasteiger partial charge in [0.2, 0.25) is 0 Å². The molecule has 2 nitrogen and oxygen atoms in total. The van der Waals surface area contributed by atoms with Crippen molar-refractivity contribution in [2.24, 2.45) is 5.73 Å². The molecule has 0 aliphatic heterocycles. The summed E-state index contributed by atoms with van der Waals surface area (Å²) in [7, 11) is 0. The molecule has 0 bridgehead atoms. The van der Waals surface area contributed by atoms with Gasteiger partial charge in [0.1, 0.15) is 5.75 Å². The smallest absolute Gasteiger partial charge is 0.126 e. The zero-order valence-corrected chi connectivity index (χ0v) is 12.2. The number of benzene rings is 1. The van der Waals surface area contributed by atoms with E-state index in [1.165, 1.54) is 0 Å². The molecule has 0 atom stereocenters. The zero-order chi connectivity index (χ0) is 12.0. The lowest BCUT2D eigenvalue weighted by atomic mass is 10.1. The van der Waals surface area contributed by atoms with Crippen LogP contribution < -0.4 is 10.5 Å². The average Bonchev–Trinajstić information content (AvgIpc) is 2.26. The average molecular weight is 304 g/mol. The topological polar surface area (TPSA) is 35.2 Å². The Morgan fingerprint density at radius 2 is 2.19 bits per heavy atom. The number of rotatable bonds is 6. The van der Waals surface area contributed by atoms with Crippen LogP contribution in [-0.4, -0.2) is 18.6 Å². The molecule has 0 unspecified atom stereocenters. The van der Waals surface area contributed by atoms with Crippen LogP contribution in [0.1, 0.15) is 17.5 Å². The molecular formula is C12H18BrNOS. The van der Waals surface area contributed by atoms with Crippen molar-refractivity contribution < 1.29 is 4.74 Å². The molecule has 0 aliphatic rings. The van der Waals surface area contributed by atoms with Crippen LogP contribution in [0.25, 0.3) is 0 Å². The molecule has 0 heterocycles. The van der Waals surface area contributed by atoms with Crippen LogP contribution in [0.15, 0.2) is 16.6 Å². The second-order valence-corrected chi connectivity index (χ2v) is 5.51. The normalized spacial score (nSPS) is 10.5. The van der Waals surface area contributed by atoms with Crippen molar-refractivity contribution in [2.45, 2.75) is 19.9 Å². The first-order valence-corrected chi connectivity index (χ1v) is 7.48. The molecule has 1 aromatic rings. The third-order valence-electron chi connectivity index (χ3n) is 2.28. The van der Waals surface area contributed by atoms with Crippen molar-refractivity contribution in [3.05, 3.63) is 27.7 Å². The van der Waals surface area contributed by atoms with Crippen LogP contribution in [0, 0.1) is 6.92 Å². The van der Waals surface area contributed by atoms with Gasteiger partial charge in [-0.3, -0.25) is 0 Å². The van der Waals surface area contributed by atoms with Crippen molar-refractivity contribution in [3.8, 4) is 5.75 Å². The van der Waals surface area contributed by atoms with Gasteiger partial charge >= 0.3 is 0 Å². The highest BCUT2D eigenvalue weighted by atomic mass is 79.9. The van der Waals surface area contributed by atoms with Gasteiger partial charge in [0.25, 0.3) is 0 Å². The Bertz CT molecular complexity index is 344. The molecule has 90 valence electrons. The Morgan fingerprint density at radius 3 is 2.81 bits per heavy atom. The molecular weight excluding hydrogens is 286 g/mol. The molecule has 1 rings (SSSR count). The number of thioether (sulfide) groups is 1. The molecule has 0 saturated carbocycles. The quantitative estimate of drug-likeness (QED) is 0.819. The molecule has 0 amide bonds. The summed E-state index contributed by atoms with van der Waals surface area (Å²) in [6, 6.07) is 4.08. The monoisotopic (exact) mass is 303 g/mol. The fourth-order valence-electron chi connectivity index (χ4n) is 1.53. The first-order chi connectivity index (χ1) is 7.69. The molecule has 4 heteroatoms. The SMILES string of the molecule is CSCCCOc1c(C)cc(Br)cc1CN.